The first-order chi connectivity index (χ1) is 8.41. The molecule has 0 spiro atoms. The molecule has 2 aromatic carbocycles. The van der Waals surface area contributed by atoms with Gasteiger partial charge in [-0.15, -0.1) is 0 Å². The smallest absolute Gasteiger partial charge is 0.129 e. The molecule has 0 saturated heterocycles. The first kappa shape index (κ1) is 12.6. The van der Waals surface area contributed by atoms with Gasteiger partial charge in [-0.3, -0.25) is 0 Å². The molecule has 0 bridgehead atoms. The van der Waals surface area contributed by atoms with Crippen molar-refractivity contribution < 1.29 is 18.3 Å². The molecule has 0 aliphatic carbocycles. The van der Waals surface area contributed by atoms with Gasteiger partial charge in [0.1, 0.15) is 23.1 Å². The van der Waals surface area contributed by atoms with E-state index in [0.29, 0.717) is 0 Å². The lowest BCUT2D eigenvalue weighted by molar-refractivity contribution is 0.0974. The van der Waals surface area contributed by atoms with Crippen LogP contribution in [-0.4, -0.2) is 5.11 Å². The SMILES string of the molecule is CC(O)(c1ccc(F)cc1)c1cc(F)ccc1F. The van der Waals surface area contributed by atoms with Gasteiger partial charge in [0.15, 0.2) is 0 Å². The second-order valence-corrected chi connectivity index (χ2v) is 4.20. The van der Waals surface area contributed by atoms with Crippen molar-refractivity contribution in [2.45, 2.75) is 12.5 Å². The number of benzene rings is 2. The molecule has 1 nitrogen and oxygen atoms in total. The number of halogens is 3. The molecule has 1 atom stereocenters. The van der Waals surface area contributed by atoms with Crippen molar-refractivity contribution in [2.75, 3.05) is 0 Å². The molecule has 1 N–H and O–H groups in total. The summed E-state index contributed by atoms with van der Waals surface area (Å²) in [6.07, 6.45) is 0. The van der Waals surface area contributed by atoms with Gasteiger partial charge in [0.2, 0.25) is 0 Å². The maximum Gasteiger partial charge on any atom is 0.129 e. The standard InChI is InChI=1S/C14H11F3O/c1-14(18,9-2-4-10(15)5-3-9)12-8-11(16)6-7-13(12)17/h2-8,18H,1H3. The largest absolute Gasteiger partial charge is 0.381 e. The molecule has 0 amide bonds. The molecule has 1 unspecified atom stereocenters. The van der Waals surface area contributed by atoms with Crippen LogP contribution in [0.5, 0.6) is 0 Å². The Bertz CT molecular complexity index is 562. The highest BCUT2D eigenvalue weighted by Crippen LogP contribution is 2.31. The molecule has 0 heterocycles. The van der Waals surface area contributed by atoms with E-state index in [1.165, 1.54) is 19.1 Å². The fourth-order valence-electron chi connectivity index (χ4n) is 1.80. The monoisotopic (exact) mass is 252 g/mol. The van der Waals surface area contributed by atoms with Crippen molar-refractivity contribution in [1.82, 2.24) is 0 Å². The van der Waals surface area contributed by atoms with Crippen molar-refractivity contribution in [3.8, 4) is 0 Å². The third-order valence-corrected chi connectivity index (χ3v) is 2.86. The van der Waals surface area contributed by atoms with Crippen LogP contribution in [0.4, 0.5) is 13.2 Å². The first-order valence-corrected chi connectivity index (χ1v) is 5.35. The van der Waals surface area contributed by atoms with Gasteiger partial charge in [-0.25, -0.2) is 13.2 Å². The van der Waals surface area contributed by atoms with Crippen LogP contribution in [0.25, 0.3) is 0 Å². The Labute approximate surface area is 103 Å². The fourth-order valence-corrected chi connectivity index (χ4v) is 1.80. The van der Waals surface area contributed by atoms with Crippen LogP contribution in [0.15, 0.2) is 42.5 Å². The van der Waals surface area contributed by atoms with E-state index in [4.69, 9.17) is 0 Å². The molecular weight excluding hydrogens is 241 g/mol. The molecule has 2 rings (SSSR count). The number of aliphatic hydroxyl groups is 1. The molecule has 0 saturated carbocycles. The van der Waals surface area contributed by atoms with E-state index in [0.717, 1.165) is 30.3 Å². The van der Waals surface area contributed by atoms with Gasteiger partial charge >= 0.3 is 0 Å². The number of hydrogen-bond donors (Lipinski definition) is 1. The summed E-state index contributed by atoms with van der Waals surface area (Å²) in [5.74, 6) is -1.83. The lowest BCUT2D eigenvalue weighted by Crippen LogP contribution is -2.24. The topological polar surface area (TPSA) is 20.2 Å². The quantitative estimate of drug-likeness (QED) is 0.868. The van der Waals surface area contributed by atoms with Gasteiger partial charge in [0, 0.05) is 5.56 Å². The van der Waals surface area contributed by atoms with Gasteiger partial charge in [0.25, 0.3) is 0 Å². The van der Waals surface area contributed by atoms with E-state index in [9.17, 15) is 18.3 Å². The summed E-state index contributed by atoms with van der Waals surface area (Å²) in [6.45, 7) is 1.33. The molecule has 2 aromatic rings. The minimum atomic E-state index is -1.72. The summed E-state index contributed by atoms with van der Waals surface area (Å²) < 4.78 is 39.6. The van der Waals surface area contributed by atoms with Crippen molar-refractivity contribution in [3.05, 3.63) is 71.0 Å². The Kier molecular flexibility index (Phi) is 3.13. The second-order valence-electron chi connectivity index (χ2n) is 4.20. The summed E-state index contributed by atoms with van der Waals surface area (Å²) in [7, 11) is 0. The van der Waals surface area contributed by atoms with Crippen LogP contribution in [0.1, 0.15) is 18.1 Å². The molecule has 0 aliphatic rings. The Morgan fingerprint density at radius 1 is 0.889 bits per heavy atom. The summed E-state index contributed by atoms with van der Waals surface area (Å²) in [6, 6.07) is 7.82. The van der Waals surface area contributed by atoms with Crippen molar-refractivity contribution >= 4 is 0 Å². The molecule has 0 aromatic heterocycles. The summed E-state index contributed by atoms with van der Waals surface area (Å²) in [5, 5.41) is 10.3. The van der Waals surface area contributed by atoms with Crippen LogP contribution in [0.3, 0.4) is 0 Å². The van der Waals surface area contributed by atoms with Crippen LogP contribution in [0.2, 0.25) is 0 Å². The van der Waals surface area contributed by atoms with Crippen LogP contribution < -0.4 is 0 Å². The minimum Gasteiger partial charge on any atom is -0.381 e. The zero-order valence-electron chi connectivity index (χ0n) is 9.62. The molecule has 18 heavy (non-hydrogen) atoms. The van der Waals surface area contributed by atoms with Gasteiger partial charge in [0.05, 0.1) is 0 Å². The van der Waals surface area contributed by atoms with E-state index in [1.807, 2.05) is 0 Å². The Morgan fingerprint density at radius 2 is 1.44 bits per heavy atom. The zero-order chi connectivity index (χ0) is 13.3. The van der Waals surface area contributed by atoms with Crippen molar-refractivity contribution in [3.63, 3.8) is 0 Å². The summed E-state index contributed by atoms with van der Waals surface area (Å²) in [5.41, 5.74) is -1.62. The second kappa shape index (κ2) is 4.46. The number of rotatable bonds is 2. The van der Waals surface area contributed by atoms with Crippen molar-refractivity contribution in [1.29, 1.82) is 0 Å². The maximum atomic E-state index is 13.6. The highest BCUT2D eigenvalue weighted by Gasteiger charge is 2.29. The van der Waals surface area contributed by atoms with E-state index in [-0.39, 0.29) is 11.1 Å². The highest BCUT2D eigenvalue weighted by atomic mass is 19.1. The van der Waals surface area contributed by atoms with Gasteiger partial charge in [-0.1, -0.05) is 12.1 Å². The highest BCUT2D eigenvalue weighted by molar-refractivity contribution is 5.36. The van der Waals surface area contributed by atoms with Gasteiger partial charge in [-0.2, -0.15) is 0 Å². The predicted octanol–water partition coefficient (Wildman–Crippen LogP) is 3.36. The molecule has 0 radical (unpaired) electrons. The van der Waals surface area contributed by atoms with Crippen molar-refractivity contribution in [2.24, 2.45) is 0 Å². The lowest BCUT2D eigenvalue weighted by atomic mass is 9.88. The average molecular weight is 252 g/mol. The molecular formula is C14H11F3O. The predicted molar refractivity (Wildman–Crippen MR) is 61.4 cm³/mol. The molecule has 4 heteroatoms. The zero-order valence-corrected chi connectivity index (χ0v) is 9.62. The minimum absolute atomic E-state index is 0.186. The first-order valence-electron chi connectivity index (χ1n) is 5.35. The number of hydrogen-bond acceptors (Lipinski definition) is 1. The lowest BCUT2D eigenvalue weighted by Gasteiger charge is -2.25. The molecule has 0 aliphatic heterocycles. The summed E-state index contributed by atoms with van der Waals surface area (Å²) in [4.78, 5) is 0. The third kappa shape index (κ3) is 2.24. The Hall–Kier alpha value is -1.81. The molecule has 0 fully saturated rings. The van der Waals surface area contributed by atoms with Crippen LogP contribution >= 0.6 is 0 Å². The third-order valence-electron chi connectivity index (χ3n) is 2.86. The van der Waals surface area contributed by atoms with Crippen LogP contribution in [0, 0.1) is 17.5 Å². The normalized spacial score (nSPS) is 14.3. The average Bonchev–Trinajstić information content (AvgIpc) is 2.32. The van der Waals surface area contributed by atoms with E-state index >= 15 is 0 Å². The van der Waals surface area contributed by atoms with E-state index in [2.05, 4.69) is 0 Å². The van der Waals surface area contributed by atoms with E-state index in [1.54, 1.807) is 0 Å². The summed E-state index contributed by atoms with van der Waals surface area (Å²) >= 11 is 0. The van der Waals surface area contributed by atoms with Gasteiger partial charge in [-0.05, 0) is 42.8 Å². The van der Waals surface area contributed by atoms with Crippen LogP contribution in [-0.2, 0) is 5.60 Å². The molecule has 94 valence electrons. The van der Waals surface area contributed by atoms with E-state index < -0.39 is 23.1 Å². The fraction of sp³-hybridized carbons (Fsp3) is 0.143. The Balaban J connectivity index is 2.53. The van der Waals surface area contributed by atoms with Gasteiger partial charge < -0.3 is 5.11 Å². The Morgan fingerprint density at radius 3 is 2.06 bits per heavy atom. The maximum absolute atomic E-state index is 13.6.